The summed E-state index contributed by atoms with van der Waals surface area (Å²) in [5.74, 6) is 0.911. The molecular weight excluding hydrogens is 314 g/mol. The van der Waals surface area contributed by atoms with Crippen LogP contribution in [0.1, 0.15) is 11.1 Å². The van der Waals surface area contributed by atoms with Crippen LogP contribution in [-0.2, 0) is 6.42 Å². The number of aryl methyl sites for hydroxylation is 1. The molecule has 0 fully saturated rings. The molecule has 0 unspecified atom stereocenters. The van der Waals surface area contributed by atoms with Crippen LogP contribution in [0.3, 0.4) is 0 Å². The molecule has 2 nitrogen and oxygen atoms in total. The topological polar surface area (TPSA) is 21.3 Å². The van der Waals surface area contributed by atoms with E-state index in [0.717, 1.165) is 29.7 Å². The van der Waals surface area contributed by atoms with E-state index >= 15 is 0 Å². The average molecular weight is 334 g/mol. The van der Waals surface area contributed by atoms with Crippen LogP contribution >= 0.6 is 15.9 Å². The number of nitrogens with one attached hydrogen (secondary N) is 1. The Balaban J connectivity index is 1.60. The minimum Gasteiger partial charge on any atom is -0.492 e. The first kappa shape index (κ1) is 15.1. The summed E-state index contributed by atoms with van der Waals surface area (Å²) in [6, 6.07) is 16.4. The van der Waals surface area contributed by atoms with Gasteiger partial charge in [-0.25, -0.2) is 0 Å². The van der Waals surface area contributed by atoms with Gasteiger partial charge in [-0.1, -0.05) is 40.2 Å². The van der Waals surface area contributed by atoms with Gasteiger partial charge >= 0.3 is 0 Å². The second-order valence-corrected chi connectivity index (χ2v) is 5.64. The Morgan fingerprint density at radius 1 is 1.00 bits per heavy atom. The Morgan fingerprint density at radius 2 is 1.75 bits per heavy atom. The fourth-order valence-corrected chi connectivity index (χ4v) is 2.27. The Hall–Kier alpha value is -1.32. The molecule has 2 aromatic carbocycles. The summed E-state index contributed by atoms with van der Waals surface area (Å²) in [5, 5.41) is 3.41. The van der Waals surface area contributed by atoms with E-state index in [1.54, 1.807) is 0 Å². The highest BCUT2D eigenvalue weighted by Gasteiger charge is 1.97. The van der Waals surface area contributed by atoms with E-state index in [1.165, 1.54) is 11.1 Å². The van der Waals surface area contributed by atoms with E-state index in [1.807, 2.05) is 24.3 Å². The second kappa shape index (κ2) is 8.08. The maximum absolute atomic E-state index is 5.65. The predicted molar refractivity (Wildman–Crippen MR) is 87.4 cm³/mol. The summed E-state index contributed by atoms with van der Waals surface area (Å²) in [6.45, 7) is 4.69. The fraction of sp³-hybridized carbons (Fsp3) is 0.294. The van der Waals surface area contributed by atoms with Gasteiger partial charge in [0, 0.05) is 11.0 Å². The molecule has 0 radical (unpaired) electrons. The van der Waals surface area contributed by atoms with Gasteiger partial charge in [0.2, 0.25) is 0 Å². The zero-order valence-corrected chi connectivity index (χ0v) is 13.3. The van der Waals surface area contributed by atoms with Crippen molar-refractivity contribution in [3.05, 3.63) is 64.1 Å². The van der Waals surface area contributed by atoms with Crippen molar-refractivity contribution in [3.8, 4) is 5.75 Å². The van der Waals surface area contributed by atoms with Gasteiger partial charge in [-0.15, -0.1) is 0 Å². The minimum absolute atomic E-state index is 0.690. The van der Waals surface area contributed by atoms with Gasteiger partial charge in [0.1, 0.15) is 12.4 Å². The van der Waals surface area contributed by atoms with Crippen molar-refractivity contribution in [2.24, 2.45) is 0 Å². The minimum atomic E-state index is 0.690. The molecule has 0 amide bonds. The van der Waals surface area contributed by atoms with Crippen LogP contribution in [0.2, 0.25) is 0 Å². The zero-order chi connectivity index (χ0) is 14.2. The van der Waals surface area contributed by atoms with Gasteiger partial charge in [-0.2, -0.15) is 0 Å². The van der Waals surface area contributed by atoms with Crippen LogP contribution in [0.15, 0.2) is 53.0 Å². The van der Waals surface area contributed by atoms with Crippen molar-refractivity contribution < 1.29 is 4.74 Å². The molecule has 2 aromatic rings. The fourth-order valence-electron chi connectivity index (χ4n) is 2.01. The summed E-state index contributed by atoms with van der Waals surface area (Å²) in [6.07, 6.45) is 1.06. The number of rotatable bonds is 7. The molecule has 0 aliphatic rings. The highest BCUT2D eigenvalue weighted by Crippen LogP contribution is 2.15. The maximum atomic E-state index is 5.65. The molecule has 20 heavy (non-hydrogen) atoms. The highest BCUT2D eigenvalue weighted by atomic mass is 79.9. The van der Waals surface area contributed by atoms with Crippen molar-refractivity contribution in [2.75, 3.05) is 19.7 Å². The number of benzene rings is 2. The molecule has 0 atom stereocenters. The molecule has 0 aromatic heterocycles. The van der Waals surface area contributed by atoms with Gasteiger partial charge in [-0.3, -0.25) is 0 Å². The molecule has 0 heterocycles. The standard InChI is InChI=1S/C17H20BrNO/c1-14-4-2-3-5-15(14)10-11-19-12-13-20-17-8-6-16(18)7-9-17/h2-9,19H,10-13H2,1H3. The normalized spacial score (nSPS) is 10.5. The third-order valence-electron chi connectivity index (χ3n) is 3.19. The molecule has 0 saturated heterocycles. The van der Waals surface area contributed by atoms with Crippen LogP contribution in [-0.4, -0.2) is 19.7 Å². The number of hydrogen-bond donors (Lipinski definition) is 1. The molecule has 0 bridgehead atoms. The summed E-state index contributed by atoms with van der Waals surface area (Å²) in [7, 11) is 0. The summed E-state index contributed by atoms with van der Waals surface area (Å²) >= 11 is 3.41. The summed E-state index contributed by atoms with van der Waals surface area (Å²) in [5.41, 5.74) is 2.77. The van der Waals surface area contributed by atoms with E-state index in [-0.39, 0.29) is 0 Å². The lowest BCUT2D eigenvalue weighted by Crippen LogP contribution is -2.23. The van der Waals surface area contributed by atoms with E-state index in [2.05, 4.69) is 52.4 Å². The van der Waals surface area contributed by atoms with E-state index in [9.17, 15) is 0 Å². The van der Waals surface area contributed by atoms with E-state index < -0.39 is 0 Å². The Kier molecular flexibility index (Phi) is 6.09. The molecule has 2 rings (SSSR count). The Morgan fingerprint density at radius 3 is 2.50 bits per heavy atom. The van der Waals surface area contributed by atoms with Gasteiger partial charge in [-0.05, 0) is 55.3 Å². The van der Waals surface area contributed by atoms with Crippen molar-refractivity contribution in [1.29, 1.82) is 0 Å². The molecule has 0 spiro atoms. The smallest absolute Gasteiger partial charge is 0.119 e. The van der Waals surface area contributed by atoms with Crippen LogP contribution in [0.25, 0.3) is 0 Å². The van der Waals surface area contributed by atoms with E-state index in [4.69, 9.17) is 4.74 Å². The predicted octanol–water partition coefficient (Wildman–Crippen LogP) is 3.97. The van der Waals surface area contributed by atoms with Crippen LogP contribution in [0, 0.1) is 6.92 Å². The average Bonchev–Trinajstić information content (AvgIpc) is 2.46. The Labute approximate surface area is 129 Å². The Bertz CT molecular complexity index is 525. The molecule has 0 saturated carbocycles. The third-order valence-corrected chi connectivity index (χ3v) is 3.72. The zero-order valence-electron chi connectivity index (χ0n) is 11.7. The lowest BCUT2D eigenvalue weighted by Gasteiger charge is -2.09. The molecular formula is C17H20BrNO. The van der Waals surface area contributed by atoms with Gasteiger partial charge < -0.3 is 10.1 Å². The van der Waals surface area contributed by atoms with Crippen LogP contribution < -0.4 is 10.1 Å². The van der Waals surface area contributed by atoms with Crippen LogP contribution in [0.5, 0.6) is 5.75 Å². The number of hydrogen-bond acceptors (Lipinski definition) is 2. The monoisotopic (exact) mass is 333 g/mol. The molecule has 106 valence electrons. The number of ether oxygens (including phenoxy) is 1. The maximum Gasteiger partial charge on any atom is 0.119 e. The first-order valence-electron chi connectivity index (χ1n) is 6.89. The van der Waals surface area contributed by atoms with Crippen molar-refractivity contribution in [3.63, 3.8) is 0 Å². The van der Waals surface area contributed by atoms with Crippen molar-refractivity contribution >= 4 is 15.9 Å². The van der Waals surface area contributed by atoms with E-state index in [0.29, 0.717) is 6.61 Å². The largest absolute Gasteiger partial charge is 0.492 e. The SMILES string of the molecule is Cc1ccccc1CCNCCOc1ccc(Br)cc1. The van der Waals surface area contributed by atoms with Gasteiger partial charge in [0.15, 0.2) is 0 Å². The summed E-state index contributed by atoms with van der Waals surface area (Å²) < 4.78 is 6.72. The lowest BCUT2D eigenvalue weighted by atomic mass is 10.1. The van der Waals surface area contributed by atoms with Crippen LogP contribution in [0.4, 0.5) is 0 Å². The molecule has 0 aliphatic carbocycles. The van der Waals surface area contributed by atoms with Gasteiger partial charge in [0.25, 0.3) is 0 Å². The van der Waals surface area contributed by atoms with Gasteiger partial charge in [0.05, 0.1) is 0 Å². The lowest BCUT2D eigenvalue weighted by molar-refractivity contribution is 0.314. The second-order valence-electron chi connectivity index (χ2n) is 4.73. The highest BCUT2D eigenvalue weighted by molar-refractivity contribution is 9.10. The van der Waals surface area contributed by atoms with Crippen molar-refractivity contribution in [2.45, 2.75) is 13.3 Å². The number of halogens is 1. The van der Waals surface area contributed by atoms with Crippen molar-refractivity contribution in [1.82, 2.24) is 5.32 Å². The first-order valence-corrected chi connectivity index (χ1v) is 7.68. The summed E-state index contributed by atoms with van der Waals surface area (Å²) in [4.78, 5) is 0. The molecule has 0 aliphatic heterocycles. The third kappa shape index (κ3) is 4.99. The first-order chi connectivity index (χ1) is 9.75. The quantitative estimate of drug-likeness (QED) is 0.774. The molecule has 3 heteroatoms. The molecule has 1 N–H and O–H groups in total.